The van der Waals surface area contributed by atoms with Crippen molar-refractivity contribution < 1.29 is 10.0 Å². The molecule has 0 radical (unpaired) electrons. The summed E-state index contributed by atoms with van der Waals surface area (Å²) < 4.78 is 0. The zero-order valence-electron chi connectivity index (χ0n) is 16.6. The molecule has 4 rings (SSSR count). The van der Waals surface area contributed by atoms with Crippen molar-refractivity contribution in [2.24, 2.45) is 0 Å². The number of thioether (sulfide) groups is 1. The maximum Gasteiger partial charge on any atom is 0.270 e. The highest BCUT2D eigenvalue weighted by atomic mass is 35.5. The Bertz CT molecular complexity index is 1160. The van der Waals surface area contributed by atoms with Crippen LogP contribution in [0.25, 0.3) is 0 Å². The van der Waals surface area contributed by atoms with Crippen molar-refractivity contribution in [2.45, 2.75) is 24.5 Å². The van der Waals surface area contributed by atoms with Gasteiger partial charge in [0.15, 0.2) is 0 Å². The predicted octanol–water partition coefficient (Wildman–Crippen LogP) is 6.27. The van der Waals surface area contributed by atoms with Gasteiger partial charge in [0.1, 0.15) is 5.75 Å². The Labute approximate surface area is 194 Å². The molecule has 0 saturated carbocycles. The summed E-state index contributed by atoms with van der Waals surface area (Å²) >= 11 is 13.9. The van der Waals surface area contributed by atoms with Gasteiger partial charge in [-0.05, 0) is 53.8 Å². The van der Waals surface area contributed by atoms with E-state index in [-0.39, 0.29) is 11.4 Å². The summed E-state index contributed by atoms with van der Waals surface area (Å²) in [6, 6.07) is 15.9. The minimum absolute atomic E-state index is 0.0286. The SMILES string of the molecule is CSc1ccc2c(c1)CN(Cc1cc([N+](=O)[O-])ccc1O)N2Cc1ccc(Cl)c(Cl)c1. The van der Waals surface area contributed by atoms with E-state index < -0.39 is 4.92 Å². The monoisotopic (exact) mass is 475 g/mol. The molecule has 3 aromatic rings. The number of rotatable bonds is 6. The first-order chi connectivity index (χ1) is 14.9. The van der Waals surface area contributed by atoms with E-state index in [0.717, 1.165) is 21.7 Å². The van der Waals surface area contributed by atoms with Crippen molar-refractivity contribution in [1.29, 1.82) is 0 Å². The number of nitro groups is 1. The highest BCUT2D eigenvalue weighted by molar-refractivity contribution is 7.98. The fourth-order valence-electron chi connectivity index (χ4n) is 3.65. The number of non-ortho nitro benzene ring substituents is 1. The van der Waals surface area contributed by atoms with E-state index in [1.54, 1.807) is 17.8 Å². The first-order valence-electron chi connectivity index (χ1n) is 9.45. The Balaban J connectivity index is 1.69. The van der Waals surface area contributed by atoms with Gasteiger partial charge in [-0.3, -0.25) is 10.1 Å². The fraction of sp³-hybridized carbons (Fsp3) is 0.182. The number of hydrogen-bond donors (Lipinski definition) is 1. The van der Waals surface area contributed by atoms with E-state index in [1.165, 1.54) is 18.2 Å². The molecule has 0 unspecified atom stereocenters. The maximum absolute atomic E-state index is 11.2. The van der Waals surface area contributed by atoms with Gasteiger partial charge >= 0.3 is 0 Å². The van der Waals surface area contributed by atoms with Crippen LogP contribution in [0.4, 0.5) is 11.4 Å². The third kappa shape index (κ3) is 4.60. The molecule has 1 aliphatic heterocycles. The summed E-state index contributed by atoms with van der Waals surface area (Å²) in [4.78, 5) is 11.9. The average Bonchev–Trinajstić information content (AvgIpc) is 3.08. The van der Waals surface area contributed by atoms with Crippen LogP contribution >= 0.6 is 35.0 Å². The summed E-state index contributed by atoms with van der Waals surface area (Å²) in [6.45, 7) is 1.48. The molecular weight excluding hydrogens is 457 g/mol. The van der Waals surface area contributed by atoms with Crippen LogP contribution in [0, 0.1) is 10.1 Å². The molecule has 6 nitrogen and oxygen atoms in total. The van der Waals surface area contributed by atoms with E-state index in [9.17, 15) is 15.2 Å². The van der Waals surface area contributed by atoms with Crippen LogP contribution in [-0.2, 0) is 19.6 Å². The molecule has 31 heavy (non-hydrogen) atoms. The average molecular weight is 476 g/mol. The molecule has 0 bridgehead atoms. The minimum atomic E-state index is -0.458. The molecule has 1 aliphatic rings. The number of anilines is 1. The number of phenolic OH excluding ortho intramolecular Hbond substituents is 1. The van der Waals surface area contributed by atoms with E-state index >= 15 is 0 Å². The van der Waals surface area contributed by atoms with E-state index in [4.69, 9.17) is 23.2 Å². The molecule has 0 atom stereocenters. The van der Waals surface area contributed by atoms with Crippen molar-refractivity contribution in [2.75, 3.05) is 11.3 Å². The van der Waals surface area contributed by atoms with E-state index in [0.29, 0.717) is 35.2 Å². The molecule has 0 saturated heterocycles. The second kappa shape index (κ2) is 8.96. The summed E-state index contributed by atoms with van der Waals surface area (Å²) in [7, 11) is 0. The predicted molar refractivity (Wildman–Crippen MR) is 125 cm³/mol. The normalized spacial score (nSPS) is 13.5. The second-order valence-corrected chi connectivity index (χ2v) is 8.89. The number of hydrogen-bond acceptors (Lipinski definition) is 6. The molecule has 9 heteroatoms. The van der Waals surface area contributed by atoms with Crippen molar-refractivity contribution in [3.63, 3.8) is 0 Å². The lowest BCUT2D eigenvalue weighted by atomic mass is 10.1. The number of benzene rings is 3. The Hall–Kier alpha value is -2.45. The number of halogens is 2. The van der Waals surface area contributed by atoms with E-state index in [2.05, 4.69) is 28.2 Å². The number of hydrazine groups is 1. The quantitative estimate of drug-likeness (QED) is 0.257. The number of nitro benzene ring substituents is 1. The summed E-state index contributed by atoms with van der Waals surface area (Å²) in [5.74, 6) is 0.0286. The number of phenols is 1. The lowest BCUT2D eigenvalue weighted by molar-refractivity contribution is -0.385. The summed E-state index contributed by atoms with van der Waals surface area (Å²) in [5.41, 5.74) is 3.62. The lowest BCUT2D eigenvalue weighted by Crippen LogP contribution is -2.36. The van der Waals surface area contributed by atoms with Crippen LogP contribution in [-0.4, -0.2) is 21.3 Å². The van der Waals surface area contributed by atoms with Crippen molar-refractivity contribution in [1.82, 2.24) is 5.01 Å². The standard InChI is InChI=1S/C22H19Cl2N3O3S/c1-31-18-4-6-21-15(10-18)12-25(13-16-9-17(27(29)30)3-7-22(16)28)26(21)11-14-2-5-19(23)20(24)8-14/h2-10,28H,11-13H2,1H3. The van der Waals surface area contributed by atoms with Crippen LogP contribution in [0.2, 0.25) is 10.0 Å². The van der Waals surface area contributed by atoms with Crippen molar-refractivity contribution in [3.05, 3.63) is 91.4 Å². The minimum Gasteiger partial charge on any atom is -0.508 e. The van der Waals surface area contributed by atoms with Gasteiger partial charge in [-0.2, -0.15) is 0 Å². The molecule has 1 N–H and O–H groups in total. The van der Waals surface area contributed by atoms with Gasteiger partial charge in [-0.1, -0.05) is 29.3 Å². The number of nitrogens with zero attached hydrogens (tertiary/aromatic N) is 3. The van der Waals surface area contributed by atoms with Gasteiger partial charge in [0.05, 0.1) is 27.2 Å². The van der Waals surface area contributed by atoms with E-state index in [1.807, 2.05) is 18.4 Å². The highest BCUT2D eigenvalue weighted by Gasteiger charge is 2.29. The zero-order chi connectivity index (χ0) is 22.1. The van der Waals surface area contributed by atoms with Gasteiger partial charge in [-0.25, -0.2) is 5.01 Å². The molecule has 0 aromatic heterocycles. The molecule has 0 aliphatic carbocycles. The Kier molecular flexibility index (Phi) is 6.29. The maximum atomic E-state index is 11.2. The lowest BCUT2D eigenvalue weighted by Gasteiger charge is -2.31. The molecule has 0 spiro atoms. The third-order valence-electron chi connectivity index (χ3n) is 5.20. The first kappa shape index (κ1) is 21.8. The largest absolute Gasteiger partial charge is 0.508 e. The summed E-state index contributed by atoms with van der Waals surface area (Å²) in [5, 5.41) is 26.7. The van der Waals surface area contributed by atoms with Crippen molar-refractivity contribution in [3.8, 4) is 5.75 Å². The van der Waals surface area contributed by atoms with Crippen LogP contribution in [0.3, 0.4) is 0 Å². The molecular formula is C22H19Cl2N3O3S. The molecule has 1 heterocycles. The number of aromatic hydroxyl groups is 1. The Morgan fingerprint density at radius 2 is 1.87 bits per heavy atom. The van der Waals surface area contributed by atoms with Gasteiger partial charge < -0.3 is 10.1 Å². The van der Waals surface area contributed by atoms with Crippen LogP contribution in [0.5, 0.6) is 5.75 Å². The van der Waals surface area contributed by atoms with Gasteiger partial charge in [0.2, 0.25) is 0 Å². The molecule has 3 aromatic carbocycles. The van der Waals surface area contributed by atoms with Crippen LogP contribution < -0.4 is 5.01 Å². The summed E-state index contributed by atoms with van der Waals surface area (Å²) in [6.07, 6.45) is 2.03. The fourth-order valence-corrected chi connectivity index (χ4v) is 4.43. The molecule has 0 amide bonds. The first-order valence-corrected chi connectivity index (χ1v) is 11.4. The zero-order valence-corrected chi connectivity index (χ0v) is 18.9. The smallest absolute Gasteiger partial charge is 0.270 e. The third-order valence-corrected chi connectivity index (χ3v) is 6.67. The molecule has 0 fully saturated rings. The Morgan fingerprint density at radius 3 is 2.58 bits per heavy atom. The van der Waals surface area contributed by atoms with Crippen LogP contribution in [0.15, 0.2) is 59.5 Å². The topological polar surface area (TPSA) is 69.8 Å². The van der Waals surface area contributed by atoms with Gasteiger partial charge in [0.25, 0.3) is 5.69 Å². The highest BCUT2D eigenvalue weighted by Crippen LogP contribution is 2.37. The van der Waals surface area contributed by atoms with Gasteiger partial charge in [-0.15, -0.1) is 11.8 Å². The number of fused-ring (bicyclic) bond motifs is 1. The van der Waals surface area contributed by atoms with Crippen LogP contribution in [0.1, 0.15) is 16.7 Å². The van der Waals surface area contributed by atoms with Gasteiger partial charge in [0, 0.05) is 35.7 Å². The molecule has 160 valence electrons. The second-order valence-electron chi connectivity index (χ2n) is 7.19. The Morgan fingerprint density at radius 1 is 1.06 bits per heavy atom. The van der Waals surface area contributed by atoms with Crippen molar-refractivity contribution >= 4 is 46.3 Å².